The third kappa shape index (κ3) is 2.32. The van der Waals surface area contributed by atoms with Crippen LogP contribution in [0, 0.1) is 11.3 Å². The number of benzene rings is 1. The van der Waals surface area contributed by atoms with Gasteiger partial charge in [-0.05, 0) is 37.7 Å². The van der Waals surface area contributed by atoms with Gasteiger partial charge in [0.05, 0.1) is 18.3 Å². The minimum absolute atomic E-state index is 0.0490. The van der Waals surface area contributed by atoms with Crippen LogP contribution in [0.2, 0.25) is 0 Å². The van der Waals surface area contributed by atoms with E-state index in [0.29, 0.717) is 24.0 Å². The Kier molecular flexibility index (Phi) is 3.18. The average Bonchev–Trinajstić information content (AvgIpc) is 2.33. The molecule has 0 aromatic heterocycles. The molecule has 0 amide bonds. The number of hydrogen-bond donors (Lipinski definition) is 0. The van der Waals surface area contributed by atoms with Crippen molar-refractivity contribution < 1.29 is 9.47 Å². The van der Waals surface area contributed by atoms with Crippen molar-refractivity contribution in [3.05, 3.63) is 35.9 Å². The molecule has 19 heavy (non-hydrogen) atoms. The van der Waals surface area contributed by atoms with Crippen molar-refractivity contribution in [2.45, 2.75) is 51.9 Å². The number of rotatable bonds is 3. The predicted molar refractivity (Wildman–Crippen MR) is 75.9 cm³/mol. The van der Waals surface area contributed by atoms with Gasteiger partial charge < -0.3 is 9.47 Å². The quantitative estimate of drug-likeness (QED) is 0.823. The summed E-state index contributed by atoms with van der Waals surface area (Å²) in [5.74, 6) is 0.525. The van der Waals surface area contributed by atoms with Gasteiger partial charge >= 0.3 is 0 Å². The van der Waals surface area contributed by atoms with Crippen LogP contribution in [0.4, 0.5) is 0 Å². The monoisotopic (exact) mass is 260 g/mol. The van der Waals surface area contributed by atoms with E-state index in [4.69, 9.17) is 9.47 Å². The highest BCUT2D eigenvalue weighted by molar-refractivity contribution is 5.14. The average molecular weight is 260 g/mol. The summed E-state index contributed by atoms with van der Waals surface area (Å²) < 4.78 is 12.1. The maximum Gasteiger partial charge on any atom is 0.0720 e. The summed E-state index contributed by atoms with van der Waals surface area (Å²) in [6, 6.07) is 10.4. The molecule has 1 aromatic carbocycles. The fourth-order valence-electron chi connectivity index (χ4n) is 4.11. The van der Waals surface area contributed by atoms with Gasteiger partial charge in [-0.15, -0.1) is 0 Å². The first-order valence-corrected chi connectivity index (χ1v) is 7.31. The minimum Gasteiger partial charge on any atom is -0.375 e. The van der Waals surface area contributed by atoms with Crippen LogP contribution >= 0.6 is 0 Å². The third-order valence-corrected chi connectivity index (χ3v) is 4.99. The van der Waals surface area contributed by atoms with Crippen LogP contribution in [0.1, 0.15) is 39.2 Å². The van der Waals surface area contributed by atoms with E-state index in [0.717, 1.165) is 6.61 Å². The Morgan fingerprint density at radius 1 is 1.21 bits per heavy atom. The van der Waals surface area contributed by atoms with Crippen LogP contribution in [0.15, 0.2) is 30.3 Å². The van der Waals surface area contributed by atoms with Gasteiger partial charge in [-0.25, -0.2) is 0 Å². The fourth-order valence-corrected chi connectivity index (χ4v) is 4.11. The lowest BCUT2D eigenvalue weighted by Gasteiger charge is -2.61. The van der Waals surface area contributed by atoms with Gasteiger partial charge in [-0.3, -0.25) is 0 Å². The van der Waals surface area contributed by atoms with E-state index in [-0.39, 0.29) is 5.60 Å². The highest BCUT2D eigenvalue weighted by atomic mass is 16.5. The van der Waals surface area contributed by atoms with Crippen LogP contribution in [-0.2, 0) is 16.1 Å². The van der Waals surface area contributed by atoms with Crippen molar-refractivity contribution in [2.75, 3.05) is 6.61 Å². The number of fused-ring (bicyclic) bond motifs is 1. The summed E-state index contributed by atoms with van der Waals surface area (Å²) in [6.07, 6.45) is 2.70. The maximum atomic E-state index is 6.15. The summed E-state index contributed by atoms with van der Waals surface area (Å²) in [7, 11) is 0. The molecule has 1 aliphatic heterocycles. The van der Waals surface area contributed by atoms with Gasteiger partial charge in [0.25, 0.3) is 0 Å². The van der Waals surface area contributed by atoms with Gasteiger partial charge in [0.2, 0.25) is 0 Å². The molecule has 2 heteroatoms. The normalized spacial score (nSPS) is 36.4. The molecular formula is C17H24O2. The molecule has 0 spiro atoms. The smallest absolute Gasteiger partial charge is 0.0720 e. The second-order valence-electron chi connectivity index (χ2n) is 6.87. The summed E-state index contributed by atoms with van der Waals surface area (Å²) in [6.45, 7) is 8.43. The summed E-state index contributed by atoms with van der Waals surface area (Å²) in [4.78, 5) is 0. The van der Waals surface area contributed by atoms with Crippen molar-refractivity contribution in [2.24, 2.45) is 11.3 Å². The Labute approximate surface area is 116 Å². The van der Waals surface area contributed by atoms with E-state index in [9.17, 15) is 0 Å². The molecule has 2 fully saturated rings. The molecule has 3 atom stereocenters. The second kappa shape index (κ2) is 4.60. The highest BCUT2D eigenvalue weighted by Crippen LogP contribution is 2.58. The molecule has 1 heterocycles. The molecule has 2 aliphatic rings. The number of ether oxygens (including phenoxy) is 2. The standard InChI is InChI=1S/C17H24O2/c1-16(2)15-14(11-17(15,3)9-10-19-16)18-12-13-7-5-4-6-8-13/h4-8,14-15H,9-12H2,1-3H3/t14-,15-,17-/m0/s1. The van der Waals surface area contributed by atoms with Crippen LogP contribution in [0.5, 0.6) is 0 Å². The maximum absolute atomic E-state index is 6.15. The van der Waals surface area contributed by atoms with E-state index in [1.54, 1.807) is 0 Å². The zero-order valence-electron chi connectivity index (χ0n) is 12.2. The van der Waals surface area contributed by atoms with Gasteiger partial charge in [0, 0.05) is 12.5 Å². The zero-order valence-corrected chi connectivity index (χ0v) is 12.2. The Bertz CT molecular complexity index is 428. The molecule has 1 saturated heterocycles. The number of hydrogen-bond acceptors (Lipinski definition) is 2. The summed E-state index contributed by atoms with van der Waals surface area (Å²) in [5.41, 5.74) is 1.63. The largest absolute Gasteiger partial charge is 0.375 e. The fraction of sp³-hybridized carbons (Fsp3) is 0.647. The summed E-state index contributed by atoms with van der Waals surface area (Å²) in [5, 5.41) is 0. The Morgan fingerprint density at radius 2 is 1.95 bits per heavy atom. The molecule has 1 aromatic rings. The van der Waals surface area contributed by atoms with Crippen molar-refractivity contribution >= 4 is 0 Å². The van der Waals surface area contributed by atoms with Gasteiger partial charge in [0.1, 0.15) is 0 Å². The van der Waals surface area contributed by atoms with E-state index in [1.807, 2.05) is 6.07 Å². The van der Waals surface area contributed by atoms with Crippen molar-refractivity contribution in [3.63, 3.8) is 0 Å². The van der Waals surface area contributed by atoms with Crippen molar-refractivity contribution in [1.29, 1.82) is 0 Å². The first-order chi connectivity index (χ1) is 9.01. The Morgan fingerprint density at radius 3 is 2.63 bits per heavy atom. The third-order valence-electron chi connectivity index (χ3n) is 4.99. The molecule has 0 radical (unpaired) electrons. The van der Waals surface area contributed by atoms with E-state index in [2.05, 4.69) is 45.0 Å². The van der Waals surface area contributed by atoms with Gasteiger partial charge in [-0.1, -0.05) is 37.3 Å². The molecule has 104 valence electrons. The second-order valence-corrected chi connectivity index (χ2v) is 6.87. The van der Waals surface area contributed by atoms with Crippen molar-refractivity contribution in [1.82, 2.24) is 0 Å². The molecular weight excluding hydrogens is 236 g/mol. The van der Waals surface area contributed by atoms with Gasteiger partial charge in [-0.2, -0.15) is 0 Å². The molecule has 0 bridgehead atoms. The van der Waals surface area contributed by atoms with Crippen LogP contribution < -0.4 is 0 Å². The molecule has 1 aliphatic carbocycles. The minimum atomic E-state index is -0.0490. The SMILES string of the molecule is CC1(C)OCC[C@@]2(C)C[C@H](OCc3ccccc3)[C@@H]12. The van der Waals surface area contributed by atoms with Crippen molar-refractivity contribution in [3.8, 4) is 0 Å². The predicted octanol–water partition coefficient (Wildman–Crippen LogP) is 3.80. The Balaban J connectivity index is 1.64. The highest BCUT2D eigenvalue weighted by Gasteiger charge is 2.59. The van der Waals surface area contributed by atoms with Crippen LogP contribution in [-0.4, -0.2) is 18.3 Å². The van der Waals surface area contributed by atoms with Crippen LogP contribution in [0.25, 0.3) is 0 Å². The molecule has 0 N–H and O–H groups in total. The lowest BCUT2D eigenvalue weighted by molar-refractivity contribution is -0.261. The van der Waals surface area contributed by atoms with E-state index in [1.165, 1.54) is 18.4 Å². The first-order valence-electron chi connectivity index (χ1n) is 7.31. The topological polar surface area (TPSA) is 18.5 Å². The summed E-state index contributed by atoms with van der Waals surface area (Å²) >= 11 is 0. The van der Waals surface area contributed by atoms with E-state index >= 15 is 0 Å². The molecule has 1 saturated carbocycles. The first kappa shape index (κ1) is 13.1. The zero-order chi connectivity index (χ0) is 13.5. The molecule has 3 rings (SSSR count). The van der Waals surface area contributed by atoms with E-state index < -0.39 is 0 Å². The molecule has 2 nitrogen and oxygen atoms in total. The molecule has 0 unspecified atom stereocenters. The Hall–Kier alpha value is -0.860. The van der Waals surface area contributed by atoms with Crippen LogP contribution in [0.3, 0.4) is 0 Å². The lowest BCUT2D eigenvalue weighted by Crippen LogP contribution is -2.63. The lowest BCUT2D eigenvalue weighted by atomic mass is 9.51. The van der Waals surface area contributed by atoms with Gasteiger partial charge in [0.15, 0.2) is 0 Å².